The zero-order valence-corrected chi connectivity index (χ0v) is 13.1. The van der Waals surface area contributed by atoms with Crippen molar-refractivity contribution in [2.45, 2.75) is 33.0 Å². The molecule has 0 unspecified atom stereocenters. The highest BCUT2D eigenvalue weighted by Gasteiger charge is 2.21. The number of sulfone groups is 1. The van der Waals surface area contributed by atoms with E-state index in [1.54, 1.807) is 0 Å². The van der Waals surface area contributed by atoms with Gasteiger partial charge < -0.3 is 5.32 Å². The number of hydrogen-bond acceptors (Lipinski definition) is 4. The summed E-state index contributed by atoms with van der Waals surface area (Å²) in [5.74, 6) is 0.590. The van der Waals surface area contributed by atoms with E-state index in [2.05, 4.69) is 48.3 Å². The summed E-state index contributed by atoms with van der Waals surface area (Å²) < 4.78 is 22.8. The molecule has 1 aliphatic heterocycles. The first kappa shape index (κ1) is 15.5. The molecule has 4 nitrogen and oxygen atoms in total. The molecule has 0 aromatic heterocycles. The van der Waals surface area contributed by atoms with Crippen molar-refractivity contribution in [3.63, 3.8) is 0 Å². The average molecular weight is 296 g/mol. The van der Waals surface area contributed by atoms with Crippen LogP contribution in [0.4, 0.5) is 0 Å². The molecule has 0 amide bonds. The van der Waals surface area contributed by atoms with Gasteiger partial charge in [0.1, 0.15) is 0 Å². The van der Waals surface area contributed by atoms with E-state index in [4.69, 9.17) is 0 Å². The summed E-state index contributed by atoms with van der Waals surface area (Å²) in [4.78, 5) is 2.21. The number of nitrogens with zero attached hydrogens (tertiary/aromatic N) is 1. The minimum absolute atomic E-state index is 0.295. The fourth-order valence-corrected chi connectivity index (χ4v) is 3.53. The molecular formula is C15H24N2O2S. The Labute approximate surface area is 122 Å². The van der Waals surface area contributed by atoms with Crippen LogP contribution < -0.4 is 5.32 Å². The summed E-state index contributed by atoms with van der Waals surface area (Å²) in [6.07, 6.45) is 0. The van der Waals surface area contributed by atoms with Crippen molar-refractivity contribution < 1.29 is 8.42 Å². The Balaban J connectivity index is 1.85. The summed E-state index contributed by atoms with van der Waals surface area (Å²) in [6, 6.07) is 9.06. The normalized spacial score (nSPS) is 19.4. The van der Waals surface area contributed by atoms with Crippen molar-refractivity contribution >= 4 is 9.84 Å². The van der Waals surface area contributed by atoms with E-state index in [-0.39, 0.29) is 0 Å². The highest BCUT2D eigenvalue weighted by atomic mass is 32.2. The van der Waals surface area contributed by atoms with Gasteiger partial charge in [0.05, 0.1) is 11.5 Å². The molecule has 0 aliphatic carbocycles. The van der Waals surface area contributed by atoms with Crippen molar-refractivity contribution in [3.8, 4) is 0 Å². The Morgan fingerprint density at radius 2 is 1.65 bits per heavy atom. The van der Waals surface area contributed by atoms with Crippen LogP contribution >= 0.6 is 0 Å². The molecule has 1 aromatic rings. The molecule has 0 saturated carbocycles. The van der Waals surface area contributed by atoms with Gasteiger partial charge in [-0.2, -0.15) is 0 Å². The third-order valence-electron chi connectivity index (χ3n) is 3.58. The molecule has 0 atom stereocenters. The predicted octanol–water partition coefficient (Wildman–Crippen LogP) is 1.41. The lowest BCUT2D eigenvalue weighted by molar-refractivity contribution is 0.287. The van der Waals surface area contributed by atoms with Gasteiger partial charge in [-0.3, -0.25) is 4.90 Å². The van der Waals surface area contributed by atoms with Crippen LogP contribution in [0.25, 0.3) is 0 Å². The lowest BCUT2D eigenvalue weighted by atomic mass is 10.1. The molecule has 20 heavy (non-hydrogen) atoms. The summed E-state index contributed by atoms with van der Waals surface area (Å²) in [5.41, 5.74) is 2.53. The van der Waals surface area contributed by atoms with E-state index in [1.165, 1.54) is 11.1 Å². The molecule has 1 aromatic carbocycles. The van der Waals surface area contributed by atoms with Crippen molar-refractivity contribution in [1.29, 1.82) is 0 Å². The second-order valence-corrected chi connectivity index (χ2v) is 8.08. The second-order valence-electron chi connectivity index (χ2n) is 5.78. The molecule has 1 aliphatic rings. The first-order valence-electron chi connectivity index (χ1n) is 7.18. The summed E-state index contributed by atoms with van der Waals surface area (Å²) >= 11 is 0. The maximum absolute atomic E-state index is 11.4. The van der Waals surface area contributed by atoms with Gasteiger partial charge in [0, 0.05) is 32.2 Å². The van der Waals surface area contributed by atoms with Crippen molar-refractivity contribution in [3.05, 3.63) is 35.4 Å². The van der Waals surface area contributed by atoms with Crippen LogP contribution in [0.3, 0.4) is 0 Å². The topological polar surface area (TPSA) is 49.4 Å². The van der Waals surface area contributed by atoms with Gasteiger partial charge in [-0.1, -0.05) is 38.1 Å². The monoisotopic (exact) mass is 296 g/mol. The van der Waals surface area contributed by atoms with Gasteiger partial charge >= 0.3 is 0 Å². The van der Waals surface area contributed by atoms with Gasteiger partial charge in [-0.25, -0.2) is 8.42 Å². The number of rotatable bonds is 5. The van der Waals surface area contributed by atoms with Crippen molar-refractivity contribution in [1.82, 2.24) is 10.2 Å². The number of benzene rings is 1. The molecule has 1 N–H and O–H groups in total. The van der Waals surface area contributed by atoms with E-state index >= 15 is 0 Å². The molecule has 2 rings (SSSR count). The number of nitrogens with one attached hydrogen (secondary N) is 1. The Bertz CT molecular complexity index is 509. The molecule has 0 radical (unpaired) electrons. The lowest BCUT2D eigenvalue weighted by Crippen LogP contribution is -2.39. The molecule has 1 heterocycles. The molecule has 112 valence electrons. The quantitative estimate of drug-likeness (QED) is 0.893. The summed E-state index contributed by atoms with van der Waals surface area (Å²) in [6.45, 7) is 7.31. The standard InChI is InChI=1S/C15H24N2O2S/c1-13(2)16-11-14-3-5-15(6-4-14)12-17-7-9-20(18,19)10-8-17/h3-6,13,16H,7-12H2,1-2H3. The van der Waals surface area contributed by atoms with E-state index in [0.717, 1.165) is 13.1 Å². The molecule has 5 heteroatoms. The summed E-state index contributed by atoms with van der Waals surface area (Å²) in [7, 11) is -2.78. The molecule has 0 bridgehead atoms. The fourth-order valence-electron chi connectivity index (χ4n) is 2.25. The highest BCUT2D eigenvalue weighted by molar-refractivity contribution is 7.91. The minimum atomic E-state index is -2.78. The van der Waals surface area contributed by atoms with Crippen LogP contribution in [-0.4, -0.2) is 44.0 Å². The van der Waals surface area contributed by atoms with Gasteiger partial charge in [0.15, 0.2) is 9.84 Å². The highest BCUT2D eigenvalue weighted by Crippen LogP contribution is 2.11. The zero-order valence-electron chi connectivity index (χ0n) is 12.3. The van der Waals surface area contributed by atoms with Gasteiger partial charge in [0.25, 0.3) is 0 Å². The molecule has 1 saturated heterocycles. The smallest absolute Gasteiger partial charge is 0.152 e. The SMILES string of the molecule is CC(C)NCc1ccc(CN2CCS(=O)(=O)CC2)cc1. The lowest BCUT2D eigenvalue weighted by Gasteiger charge is -2.26. The van der Waals surface area contributed by atoms with Gasteiger partial charge in [-0.15, -0.1) is 0 Å². The van der Waals surface area contributed by atoms with Crippen molar-refractivity contribution in [2.24, 2.45) is 0 Å². The maximum atomic E-state index is 11.4. The first-order chi connectivity index (χ1) is 9.44. The van der Waals surface area contributed by atoms with Gasteiger partial charge in [-0.05, 0) is 11.1 Å². The van der Waals surface area contributed by atoms with E-state index in [9.17, 15) is 8.42 Å². The molecule has 1 fully saturated rings. The van der Waals surface area contributed by atoms with E-state index in [0.29, 0.717) is 30.6 Å². The predicted molar refractivity (Wildman–Crippen MR) is 82.3 cm³/mol. The Morgan fingerprint density at radius 3 is 2.20 bits per heavy atom. The fraction of sp³-hybridized carbons (Fsp3) is 0.600. The molecule has 0 spiro atoms. The minimum Gasteiger partial charge on any atom is -0.310 e. The van der Waals surface area contributed by atoms with Crippen LogP contribution in [0.1, 0.15) is 25.0 Å². The largest absolute Gasteiger partial charge is 0.310 e. The molecular weight excluding hydrogens is 272 g/mol. The van der Waals surface area contributed by atoms with Gasteiger partial charge in [0.2, 0.25) is 0 Å². The van der Waals surface area contributed by atoms with Crippen LogP contribution in [-0.2, 0) is 22.9 Å². The average Bonchev–Trinajstić information content (AvgIpc) is 2.40. The van der Waals surface area contributed by atoms with Crippen LogP contribution in [0.5, 0.6) is 0 Å². The van der Waals surface area contributed by atoms with E-state index in [1.807, 2.05) is 0 Å². The third kappa shape index (κ3) is 4.89. The third-order valence-corrected chi connectivity index (χ3v) is 5.19. The van der Waals surface area contributed by atoms with Crippen LogP contribution in [0.15, 0.2) is 24.3 Å². The van der Waals surface area contributed by atoms with Crippen LogP contribution in [0.2, 0.25) is 0 Å². The first-order valence-corrected chi connectivity index (χ1v) is 9.01. The van der Waals surface area contributed by atoms with Crippen LogP contribution in [0, 0.1) is 0 Å². The second kappa shape index (κ2) is 6.70. The number of hydrogen-bond donors (Lipinski definition) is 1. The Kier molecular flexibility index (Phi) is 5.18. The Morgan fingerprint density at radius 1 is 1.10 bits per heavy atom. The van der Waals surface area contributed by atoms with Crippen molar-refractivity contribution in [2.75, 3.05) is 24.6 Å². The summed E-state index contributed by atoms with van der Waals surface area (Å²) in [5, 5.41) is 3.39. The zero-order chi connectivity index (χ0) is 14.6. The maximum Gasteiger partial charge on any atom is 0.152 e. The Hall–Kier alpha value is -0.910. The van der Waals surface area contributed by atoms with E-state index < -0.39 is 9.84 Å².